The van der Waals surface area contributed by atoms with Gasteiger partial charge in [0.15, 0.2) is 0 Å². The lowest BCUT2D eigenvalue weighted by Gasteiger charge is -2.33. The van der Waals surface area contributed by atoms with Crippen molar-refractivity contribution in [2.45, 2.75) is 32.0 Å². The van der Waals surface area contributed by atoms with E-state index in [2.05, 4.69) is 65.6 Å². The second-order valence-electron chi connectivity index (χ2n) is 7.30. The molecule has 0 aromatic heterocycles. The van der Waals surface area contributed by atoms with Crippen molar-refractivity contribution in [3.05, 3.63) is 71.3 Å². The van der Waals surface area contributed by atoms with Gasteiger partial charge in [-0.1, -0.05) is 54.6 Å². The van der Waals surface area contributed by atoms with E-state index in [0.29, 0.717) is 6.54 Å². The fraction of sp³-hybridized carbons (Fsp3) is 0.409. The Morgan fingerprint density at radius 2 is 1.73 bits per heavy atom. The molecule has 2 aromatic carbocycles. The molecule has 0 spiro atoms. The molecule has 0 fully saturated rings. The molecule has 26 heavy (non-hydrogen) atoms. The molecular weight excluding hydrogens is 322 g/mol. The number of carbonyl (C=O) groups is 1. The number of nitrogens with zero attached hydrogens (tertiary/aromatic N) is 2. The van der Waals surface area contributed by atoms with Crippen molar-refractivity contribution in [3.63, 3.8) is 0 Å². The van der Waals surface area contributed by atoms with E-state index in [-0.39, 0.29) is 18.0 Å². The topological polar surface area (TPSA) is 35.6 Å². The highest BCUT2D eigenvalue weighted by Gasteiger charge is 2.26. The summed E-state index contributed by atoms with van der Waals surface area (Å²) in [5.41, 5.74) is 3.97. The molecule has 1 aliphatic rings. The van der Waals surface area contributed by atoms with Crippen LogP contribution >= 0.6 is 0 Å². The molecule has 1 aliphatic heterocycles. The van der Waals surface area contributed by atoms with Gasteiger partial charge in [0.25, 0.3) is 0 Å². The van der Waals surface area contributed by atoms with Crippen LogP contribution in [0.25, 0.3) is 0 Å². The lowest BCUT2D eigenvalue weighted by atomic mass is 9.98. The third-order valence-electron chi connectivity index (χ3n) is 5.36. The number of fused-ring (bicyclic) bond motifs is 1. The lowest BCUT2D eigenvalue weighted by Crippen LogP contribution is -2.48. The minimum Gasteiger partial charge on any atom is -0.353 e. The van der Waals surface area contributed by atoms with E-state index in [4.69, 9.17) is 0 Å². The molecule has 4 nitrogen and oxygen atoms in total. The van der Waals surface area contributed by atoms with Crippen molar-refractivity contribution >= 4 is 5.91 Å². The van der Waals surface area contributed by atoms with Crippen molar-refractivity contribution in [1.29, 1.82) is 0 Å². The molecule has 0 bridgehead atoms. The number of rotatable bonds is 6. The minimum absolute atomic E-state index is 0.104. The third kappa shape index (κ3) is 4.32. The van der Waals surface area contributed by atoms with Crippen LogP contribution in [-0.2, 0) is 17.8 Å². The van der Waals surface area contributed by atoms with Crippen LogP contribution in [0.1, 0.15) is 29.7 Å². The molecule has 0 radical (unpaired) electrons. The maximum Gasteiger partial charge on any atom is 0.237 e. The highest BCUT2D eigenvalue weighted by molar-refractivity contribution is 5.81. The Morgan fingerprint density at radius 1 is 1.08 bits per heavy atom. The number of benzene rings is 2. The Kier molecular flexibility index (Phi) is 6.07. The van der Waals surface area contributed by atoms with E-state index in [1.54, 1.807) is 0 Å². The first-order valence-corrected chi connectivity index (χ1v) is 9.36. The molecule has 0 aliphatic carbocycles. The monoisotopic (exact) mass is 351 g/mol. The minimum atomic E-state index is -0.123. The van der Waals surface area contributed by atoms with E-state index < -0.39 is 0 Å². The summed E-state index contributed by atoms with van der Waals surface area (Å²) in [5.74, 6) is 0.104. The van der Waals surface area contributed by atoms with E-state index in [1.165, 1.54) is 16.7 Å². The Balaban J connectivity index is 1.59. The quantitative estimate of drug-likeness (QED) is 0.869. The van der Waals surface area contributed by atoms with Crippen LogP contribution in [0.15, 0.2) is 54.6 Å². The molecule has 1 amide bonds. The molecule has 3 rings (SSSR count). The van der Waals surface area contributed by atoms with Crippen molar-refractivity contribution in [3.8, 4) is 0 Å². The number of hydrogen-bond acceptors (Lipinski definition) is 3. The van der Waals surface area contributed by atoms with Gasteiger partial charge in [-0.15, -0.1) is 0 Å². The number of carbonyl (C=O) groups excluding carboxylic acids is 1. The van der Waals surface area contributed by atoms with Crippen molar-refractivity contribution in [2.24, 2.45) is 0 Å². The van der Waals surface area contributed by atoms with Crippen LogP contribution in [0.3, 0.4) is 0 Å². The fourth-order valence-corrected chi connectivity index (χ4v) is 3.63. The first kappa shape index (κ1) is 18.6. The van der Waals surface area contributed by atoms with Crippen LogP contribution < -0.4 is 5.32 Å². The third-order valence-corrected chi connectivity index (χ3v) is 5.36. The van der Waals surface area contributed by atoms with Gasteiger partial charge in [0.2, 0.25) is 5.91 Å². The zero-order valence-corrected chi connectivity index (χ0v) is 16.0. The van der Waals surface area contributed by atoms with Gasteiger partial charge in [-0.25, -0.2) is 0 Å². The summed E-state index contributed by atoms with van der Waals surface area (Å²) in [6, 6.07) is 18.9. The normalized spacial score (nSPS) is 16.8. The summed E-state index contributed by atoms with van der Waals surface area (Å²) < 4.78 is 0. The van der Waals surface area contributed by atoms with Crippen LogP contribution in [-0.4, -0.2) is 48.9 Å². The second kappa shape index (κ2) is 8.47. The smallest absolute Gasteiger partial charge is 0.237 e. The fourth-order valence-electron chi connectivity index (χ4n) is 3.63. The van der Waals surface area contributed by atoms with Crippen LogP contribution in [0.4, 0.5) is 0 Å². The van der Waals surface area contributed by atoms with Crippen LogP contribution in [0.2, 0.25) is 0 Å². The summed E-state index contributed by atoms with van der Waals surface area (Å²) >= 11 is 0. The van der Waals surface area contributed by atoms with Gasteiger partial charge in [-0.3, -0.25) is 9.69 Å². The highest BCUT2D eigenvalue weighted by atomic mass is 16.2. The lowest BCUT2D eigenvalue weighted by molar-refractivity contribution is -0.126. The highest BCUT2D eigenvalue weighted by Crippen LogP contribution is 2.21. The predicted octanol–water partition coefficient (Wildman–Crippen LogP) is 2.85. The molecule has 138 valence electrons. The van der Waals surface area contributed by atoms with E-state index >= 15 is 0 Å². The van der Waals surface area contributed by atoms with Crippen molar-refractivity contribution < 1.29 is 4.79 Å². The van der Waals surface area contributed by atoms with Gasteiger partial charge in [0.1, 0.15) is 0 Å². The number of nitrogens with one attached hydrogen (secondary N) is 1. The Morgan fingerprint density at radius 3 is 2.42 bits per heavy atom. The molecule has 1 heterocycles. The zero-order chi connectivity index (χ0) is 18.5. The average molecular weight is 351 g/mol. The van der Waals surface area contributed by atoms with Crippen LogP contribution in [0.5, 0.6) is 0 Å². The van der Waals surface area contributed by atoms with Gasteiger partial charge in [0, 0.05) is 19.6 Å². The zero-order valence-electron chi connectivity index (χ0n) is 16.0. The molecule has 4 heteroatoms. The largest absolute Gasteiger partial charge is 0.353 e. The number of hydrogen-bond donors (Lipinski definition) is 1. The Hall–Kier alpha value is -2.17. The maximum atomic E-state index is 12.7. The SMILES string of the molecule is CC(C(=O)NCC(c1ccccc1)N(C)C)N1CCc2ccccc2C1. The summed E-state index contributed by atoms with van der Waals surface area (Å²) in [5, 5.41) is 3.16. The van der Waals surface area contributed by atoms with Crippen LogP contribution in [0, 0.1) is 0 Å². The summed E-state index contributed by atoms with van der Waals surface area (Å²) in [6.45, 7) is 4.41. The van der Waals surface area contributed by atoms with Crippen molar-refractivity contribution in [2.75, 3.05) is 27.2 Å². The van der Waals surface area contributed by atoms with Gasteiger partial charge >= 0.3 is 0 Å². The van der Waals surface area contributed by atoms with E-state index in [0.717, 1.165) is 19.5 Å². The molecule has 0 saturated carbocycles. The predicted molar refractivity (Wildman–Crippen MR) is 106 cm³/mol. The number of likely N-dealkylation sites (N-methyl/N-ethyl adjacent to an activating group) is 1. The van der Waals surface area contributed by atoms with E-state index in [9.17, 15) is 4.79 Å². The molecule has 2 unspecified atom stereocenters. The molecule has 2 aromatic rings. The maximum absolute atomic E-state index is 12.7. The van der Waals surface area contributed by atoms with Crippen molar-refractivity contribution in [1.82, 2.24) is 15.1 Å². The Labute approximate surface area is 156 Å². The summed E-state index contributed by atoms with van der Waals surface area (Å²) in [7, 11) is 4.10. The first-order valence-electron chi connectivity index (χ1n) is 9.36. The molecule has 0 saturated heterocycles. The number of amides is 1. The summed E-state index contributed by atoms with van der Waals surface area (Å²) in [4.78, 5) is 17.2. The first-order chi connectivity index (χ1) is 12.6. The molecule has 1 N–H and O–H groups in total. The average Bonchev–Trinajstić information content (AvgIpc) is 2.67. The van der Waals surface area contributed by atoms with E-state index in [1.807, 2.05) is 25.1 Å². The standard InChI is InChI=1S/C22H29N3O/c1-17(25-14-13-18-9-7-8-12-20(18)16-25)22(26)23-15-21(24(2)3)19-10-5-4-6-11-19/h4-12,17,21H,13-16H2,1-3H3,(H,23,26). The molecule has 2 atom stereocenters. The molecular formula is C22H29N3O. The van der Waals surface area contributed by atoms with Gasteiger partial charge in [-0.05, 0) is 44.1 Å². The van der Waals surface area contributed by atoms with Gasteiger partial charge in [0.05, 0.1) is 12.1 Å². The second-order valence-corrected chi connectivity index (χ2v) is 7.30. The summed E-state index contributed by atoms with van der Waals surface area (Å²) in [6.07, 6.45) is 1.01. The Bertz CT molecular complexity index is 729. The van der Waals surface area contributed by atoms with Gasteiger partial charge in [-0.2, -0.15) is 0 Å². The van der Waals surface area contributed by atoms with Gasteiger partial charge < -0.3 is 10.2 Å².